The number of methoxy groups -OCH3 is 2. The molecule has 0 radical (unpaired) electrons. The van der Waals surface area contributed by atoms with Crippen LogP contribution in [0, 0.1) is 11.6 Å². The van der Waals surface area contributed by atoms with Gasteiger partial charge in [-0.25, -0.2) is 13.6 Å². The highest BCUT2D eigenvalue weighted by Crippen LogP contribution is 2.46. The zero-order chi connectivity index (χ0) is 27.5. The van der Waals surface area contributed by atoms with E-state index in [1.807, 2.05) is 42.5 Å². The van der Waals surface area contributed by atoms with Gasteiger partial charge >= 0.3 is 5.97 Å². The van der Waals surface area contributed by atoms with Crippen LogP contribution in [0.4, 0.5) is 8.78 Å². The van der Waals surface area contributed by atoms with Crippen molar-refractivity contribution in [2.24, 2.45) is 0 Å². The molecule has 0 spiro atoms. The fourth-order valence-electron chi connectivity index (χ4n) is 4.66. The van der Waals surface area contributed by atoms with Gasteiger partial charge < -0.3 is 24.3 Å². The third kappa shape index (κ3) is 5.07. The van der Waals surface area contributed by atoms with E-state index in [-0.39, 0.29) is 13.0 Å². The van der Waals surface area contributed by atoms with Crippen LogP contribution >= 0.6 is 0 Å². The summed E-state index contributed by atoms with van der Waals surface area (Å²) in [5.74, 6) is -2.45. The molecule has 0 saturated carbocycles. The van der Waals surface area contributed by atoms with E-state index < -0.39 is 35.1 Å². The number of nitrogens with one attached hydrogen (secondary N) is 1. The summed E-state index contributed by atoms with van der Waals surface area (Å²) in [5.41, 5.74) is 1.27. The molecule has 0 unspecified atom stereocenters. The summed E-state index contributed by atoms with van der Waals surface area (Å²) in [4.78, 5) is 25.3. The Bertz CT molecular complexity index is 1550. The molecular formula is C30H25F2NO6. The molecule has 0 saturated heterocycles. The predicted molar refractivity (Wildman–Crippen MR) is 140 cm³/mol. The molecule has 9 heteroatoms. The minimum absolute atomic E-state index is 0.0741. The summed E-state index contributed by atoms with van der Waals surface area (Å²) >= 11 is 0. The van der Waals surface area contributed by atoms with Crippen LogP contribution in [0.1, 0.15) is 15.9 Å². The average Bonchev–Trinajstić information content (AvgIpc) is 2.95. The van der Waals surface area contributed by atoms with Crippen LogP contribution < -0.4 is 19.5 Å². The number of ether oxygens (including phenoxy) is 4. The van der Waals surface area contributed by atoms with Gasteiger partial charge in [0.05, 0.1) is 14.2 Å². The van der Waals surface area contributed by atoms with Crippen LogP contribution in [0.15, 0.2) is 66.7 Å². The smallest absolute Gasteiger partial charge is 0.328 e. The summed E-state index contributed by atoms with van der Waals surface area (Å²) in [6, 6.07) is 17.2. The van der Waals surface area contributed by atoms with Gasteiger partial charge in [0.1, 0.15) is 42.2 Å². The summed E-state index contributed by atoms with van der Waals surface area (Å²) in [5, 5.41) is 4.42. The number of carbonyl (C=O) groups excluding carboxylic acids is 2. The number of rotatable bonds is 7. The lowest BCUT2D eigenvalue weighted by Crippen LogP contribution is -2.43. The van der Waals surface area contributed by atoms with Gasteiger partial charge in [0, 0.05) is 23.1 Å². The Morgan fingerprint density at radius 1 is 0.872 bits per heavy atom. The second-order valence-electron chi connectivity index (χ2n) is 8.88. The van der Waals surface area contributed by atoms with Crippen LogP contribution in [0.5, 0.6) is 17.2 Å². The minimum Gasteiger partial charge on any atom is -0.496 e. The zero-order valence-electron chi connectivity index (χ0n) is 21.3. The zero-order valence-corrected chi connectivity index (χ0v) is 21.3. The van der Waals surface area contributed by atoms with Gasteiger partial charge in [-0.2, -0.15) is 0 Å². The molecule has 1 aliphatic rings. The third-order valence-corrected chi connectivity index (χ3v) is 6.53. The van der Waals surface area contributed by atoms with Crippen molar-refractivity contribution in [2.75, 3.05) is 27.4 Å². The van der Waals surface area contributed by atoms with Crippen LogP contribution in [0.3, 0.4) is 0 Å². The summed E-state index contributed by atoms with van der Waals surface area (Å²) < 4.78 is 50.9. The normalized spacial score (nSPS) is 13.0. The SMILES string of the molecule is COC(=O)[C@H](Cc1ccc(-c2cc3ccccc3cc2OC)c2c1OCCO2)NC(=O)c1c(F)cccc1F. The number of carbonyl (C=O) groups is 2. The second-order valence-corrected chi connectivity index (χ2v) is 8.88. The molecule has 7 nitrogen and oxygen atoms in total. The Hall–Kier alpha value is -4.66. The molecule has 0 bridgehead atoms. The van der Waals surface area contributed by atoms with E-state index in [1.165, 1.54) is 0 Å². The van der Waals surface area contributed by atoms with E-state index in [0.29, 0.717) is 29.4 Å². The standard InChI is InChI=1S/C30H25F2NO6/c1-36-25-16-18-7-4-3-6-17(18)14-21(25)20-11-10-19(27-28(20)39-13-12-38-27)15-24(30(35)37-2)33-29(34)26-22(31)8-5-9-23(26)32/h3-11,14,16,24H,12-13,15H2,1-2H3,(H,33,34)/t24-/m0/s1. The molecule has 5 rings (SSSR count). The highest BCUT2D eigenvalue weighted by atomic mass is 19.1. The lowest BCUT2D eigenvalue weighted by Gasteiger charge is -2.26. The average molecular weight is 534 g/mol. The molecule has 0 aliphatic carbocycles. The Kier molecular flexibility index (Phi) is 7.31. The predicted octanol–water partition coefficient (Wildman–Crippen LogP) is 5.08. The monoisotopic (exact) mass is 533 g/mol. The fourth-order valence-corrected chi connectivity index (χ4v) is 4.66. The summed E-state index contributed by atoms with van der Waals surface area (Å²) in [6.45, 7) is 0.580. The maximum absolute atomic E-state index is 14.2. The third-order valence-electron chi connectivity index (χ3n) is 6.53. The Balaban J connectivity index is 1.53. The number of fused-ring (bicyclic) bond motifs is 2. The van der Waals surface area contributed by atoms with Gasteiger partial charge in [-0.1, -0.05) is 36.4 Å². The van der Waals surface area contributed by atoms with Crippen molar-refractivity contribution in [1.82, 2.24) is 5.32 Å². The van der Waals surface area contributed by atoms with Gasteiger partial charge in [0.15, 0.2) is 11.5 Å². The number of halogens is 2. The van der Waals surface area contributed by atoms with Crippen molar-refractivity contribution in [3.05, 3.63) is 89.5 Å². The van der Waals surface area contributed by atoms with Crippen molar-refractivity contribution in [3.8, 4) is 28.4 Å². The summed E-state index contributed by atoms with van der Waals surface area (Å²) in [7, 11) is 2.75. The molecule has 1 aliphatic heterocycles. The molecule has 39 heavy (non-hydrogen) atoms. The molecule has 4 aromatic carbocycles. The van der Waals surface area contributed by atoms with E-state index in [9.17, 15) is 18.4 Å². The molecule has 1 N–H and O–H groups in total. The van der Waals surface area contributed by atoms with Crippen molar-refractivity contribution in [1.29, 1.82) is 0 Å². The van der Waals surface area contributed by atoms with Gasteiger partial charge in [-0.3, -0.25) is 4.79 Å². The molecular weight excluding hydrogens is 508 g/mol. The molecule has 0 fully saturated rings. The van der Waals surface area contributed by atoms with Gasteiger partial charge in [0.25, 0.3) is 5.91 Å². The first kappa shape index (κ1) is 26.0. The van der Waals surface area contributed by atoms with E-state index in [1.54, 1.807) is 13.2 Å². The quantitative estimate of drug-likeness (QED) is 0.334. The largest absolute Gasteiger partial charge is 0.496 e. The number of esters is 1. The number of hydrogen-bond donors (Lipinski definition) is 1. The number of hydrogen-bond acceptors (Lipinski definition) is 6. The maximum atomic E-state index is 14.2. The lowest BCUT2D eigenvalue weighted by molar-refractivity contribution is -0.142. The van der Waals surface area contributed by atoms with E-state index >= 15 is 0 Å². The molecule has 0 aromatic heterocycles. The van der Waals surface area contributed by atoms with Crippen LogP contribution in [0.25, 0.3) is 21.9 Å². The first-order chi connectivity index (χ1) is 18.9. The molecule has 1 heterocycles. The lowest BCUT2D eigenvalue weighted by atomic mass is 9.95. The Labute approximate surface area is 223 Å². The van der Waals surface area contributed by atoms with Crippen molar-refractivity contribution >= 4 is 22.6 Å². The Morgan fingerprint density at radius 3 is 2.21 bits per heavy atom. The van der Waals surface area contributed by atoms with Gasteiger partial charge in [-0.15, -0.1) is 0 Å². The first-order valence-corrected chi connectivity index (χ1v) is 12.2. The van der Waals surface area contributed by atoms with Crippen LogP contribution in [-0.2, 0) is 16.0 Å². The van der Waals surface area contributed by atoms with Crippen LogP contribution in [0.2, 0.25) is 0 Å². The number of benzene rings is 4. The van der Waals surface area contributed by atoms with Crippen LogP contribution in [-0.4, -0.2) is 45.4 Å². The van der Waals surface area contributed by atoms with Crippen molar-refractivity contribution in [2.45, 2.75) is 12.5 Å². The fraction of sp³-hybridized carbons (Fsp3) is 0.200. The minimum atomic E-state index is -1.25. The molecule has 1 amide bonds. The molecule has 1 atom stereocenters. The summed E-state index contributed by atoms with van der Waals surface area (Å²) in [6.07, 6.45) is -0.0741. The molecule has 4 aromatic rings. The van der Waals surface area contributed by atoms with E-state index in [2.05, 4.69) is 5.32 Å². The topological polar surface area (TPSA) is 83.1 Å². The highest BCUT2D eigenvalue weighted by molar-refractivity contribution is 5.97. The van der Waals surface area contributed by atoms with Gasteiger partial charge in [-0.05, 0) is 41.1 Å². The maximum Gasteiger partial charge on any atom is 0.328 e. The first-order valence-electron chi connectivity index (χ1n) is 12.2. The molecule has 200 valence electrons. The van der Waals surface area contributed by atoms with E-state index in [0.717, 1.165) is 47.2 Å². The van der Waals surface area contributed by atoms with Crippen molar-refractivity contribution in [3.63, 3.8) is 0 Å². The highest BCUT2D eigenvalue weighted by Gasteiger charge is 2.30. The second kappa shape index (κ2) is 11.0. The van der Waals surface area contributed by atoms with Crippen molar-refractivity contribution < 1.29 is 37.3 Å². The van der Waals surface area contributed by atoms with Gasteiger partial charge in [0.2, 0.25) is 0 Å². The van der Waals surface area contributed by atoms with E-state index in [4.69, 9.17) is 18.9 Å². The number of amides is 1. The Morgan fingerprint density at radius 2 is 1.54 bits per heavy atom.